The van der Waals surface area contributed by atoms with Crippen molar-refractivity contribution in [3.8, 4) is 5.75 Å². The normalized spacial score (nSPS) is 16.3. The van der Waals surface area contributed by atoms with Crippen molar-refractivity contribution >= 4 is 11.7 Å². The maximum atomic E-state index is 12.6. The molecule has 0 saturated heterocycles. The van der Waals surface area contributed by atoms with E-state index in [9.17, 15) is 4.79 Å². The van der Waals surface area contributed by atoms with Crippen molar-refractivity contribution in [1.82, 2.24) is 5.32 Å². The van der Waals surface area contributed by atoms with Crippen LogP contribution in [0.25, 0.3) is 0 Å². The highest BCUT2D eigenvalue weighted by atomic mass is 16.5. The first-order valence-corrected chi connectivity index (χ1v) is 7.64. The molecule has 4 heteroatoms. The average Bonchev–Trinajstić information content (AvgIpc) is 2.57. The summed E-state index contributed by atoms with van der Waals surface area (Å²) in [5.74, 6) is 0.863. The lowest BCUT2D eigenvalue weighted by molar-refractivity contribution is 0.228. The molecule has 2 aromatic carbocycles. The first kappa shape index (κ1) is 14.4. The monoisotopic (exact) mass is 296 g/mol. The third-order valence-electron chi connectivity index (χ3n) is 3.89. The van der Waals surface area contributed by atoms with Crippen LogP contribution in [0.15, 0.2) is 54.6 Å². The minimum absolute atomic E-state index is 0.00443. The van der Waals surface area contributed by atoms with Crippen molar-refractivity contribution < 1.29 is 9.53 Å². The molecule has 1 N–H and O–H groups in total. The van der Waals surface area contributed by atoms with Crippen LogP contribution in [-0.2, 0) is 0 Å². The summed E-state index contributed by atoms with van der Waals surface area (Å²) in [6.07, 6.45) is 0.787. The zero-order valence-electron chi connectivity index (χ0n) is 12.7. The molecular weight excluding hydrogens is 276 g/mol. The summed E-state index contributed by atoms with van der Waals surface area (Å²) in [5.41, 5.74) is 1.95. The number of carbonyl (C=O) groups is 1. The van der Waals surface area contributed by atoms with E-state index in [-0.39, 0.29) is 12.1 Å². The van der Waals surface area contributed by atoms with Gasteiger partial charge in [0.25, 0.3) is 0 Å². The van der Waals surface area contributed by atoms with E-state index in [1.807, 2.05) is 61.5 Å². The van der Waals surface area contributed by atoms with Crippen LogP contribution in [0.4, 0.5) is 10.5 Å². The molecule has 2 amide bonds. The number of fused-ring (bicyclic) bond motifs is 1. The third kappa shape index (κ3) is 2.91. The number of hydrogen-bond donors (Lipinski definition) is 1. The SMILES string of the molecule is CCN(C(=O)NC1CCOc2ccccc21)c1ccccc1. The summed E-state index contributed by atoms with van der Waals surface area (Å²) in [4.78, 5) is 14.4. The zero-order valence-corrected chi connectivity index (χ0v) is 12.7. The van der Waals surface area contributed by atoms with Crippen LogP contribution < -0.4 is 15.0 Å². The van der Waals surface area contributed by atoms with E-state index in [1.165, 1.54) is 0 Å². The smallest absolute Gasteiger partial charge is 0.322 e. The Morgan fingerprint density at radius 3 is 2.68 bits per heavy atom. The van der Waals surface area contributed by atoms with Gasteiger partial charge in [0, 0.05) is 24.2 Å². The summed E-state index contributed by atoms with van der Waals surface area (Å²) in [5, 5.41) is 3.13. The van der Waals surface area contributed by atoms with Gasteiger partial charge in [0.2, 0.25) is 0 Å². The van der Waals surface area contributed by atoms with Crippen molar-refractivity contribution in [2.75, 3.05) is 18.1 Å². The Hall–Kier alpha value is -2.49. The molecule has 1 aliphatic rings. The van der Waals surface area contributed by atoms with Crippen LogP contribution in [0.3, 0.4) is 0 Å². The van der Waals surface area contributed by atoms with Crippen LogP contribution in [0.1, 0.15) is 24.9 Å². The summed E-state index contributed by atoms with van der Waals surface area (Å²) in [6.45, 7) is 3.23. The summed E-state index contributed by atoms with van der Waals surface area (Å²) < 4.78 is 5.64. The second kappa shape index (κ2) is 6.52. The molecule has 0 bridgehead atoms. The average molecular weight is 296 g/mol. The lowest BCUT2D eigenvalue weighted by atomic mass is 10.0. The fraction of sp³-hybridized carbons (Fsp3) is 0.278. The van der Waals surface area contributed by atoms with E-state index in [0.29, 0.717) is 13.2 Å². The molecule has 4 nitrogen and oxygen atoms in total. The first-order chi connectivity index (χ1) is 10.8. The number of amides is 2. The molecule has 22 heavy (non-hydrogen) atoms. The lowest BCUT2D eigenvalue weighted by Crippen LogP contribution is -2.42. The molecule has 1 heterocycles. The summed E-state index contributed by atoms with van der Waals surface area (Å²) >= 11 is 0. The van der Waals surface area contributed by atoms with Gasteiger partial charge < -0.3 is 10.1 Å². The van der Waals surface area contributed by atoms with Gasteiger partial charge in [-0.2, -0.15) is 0 Å². The quantitative estimate of drug-likeness (QED) is 0.937. The number of hydrogen-bond acceptors (Lipinski definition) is 2. The van der Waals surface area contributed by atoms with E-state index in [1.54, 1.807) is 4.90 Å². The maximum absolute atomic E-state index is 12.6. The molecule has 114 valence electrons. The fourth-order valence-corrected chi connectivity index (χ4v) is 2.77. The minimum Gasteiger partial charge on any atom is -0.493 e. The number of benzene rings is 2. The zero-order chi connectivity index (χ0) is 15.4. The Morgan fingerprint density at radius 1 is 1.18 bits per heavy atom. The Labute approximate surface area is 130 Å². The number of para-hydroxylation sites is 2. The number of nitrogens with one attached hydrogen (secondary N) is 1. The molecule has 1 unspecified atom stereocenters. The molecule has 1 atom stereocenters. The summed E-state index contributed by atoms with van der Waals surface area (Å²) in [7, 11) is 0. The number of rotatable bonds is 3. The minimum atomic E-state index is -0.0737. The largest absolute Gasteiger partial charge is 0.493 e. The fourth-order valence-electron chi connectivity index (χ4n) is 2.77. The van der Waals surface area contributed by atoms with Gasteiger partial charge in [0.05, 0.1) is 12.6 Å². The molecule has 0 aliphatic carbocycles. The molecule has 0 fully saturated rings. The van der Waals surface area contributed by atoms with Crippen molar-refractivity contribution in [3.05, 3.63) is 60.2 Å². The second-order valence-corrected chi connectivity index (χ2v) is 5.26. The van der Waals surface area contributed by atoms with Gasteiger partial charge in [-0.15, -0.1) is 0 Å². The highest BCUT2D eigenvalue weighted by Gasteiger charge is 2.24. The number of anilines is 1. The highest BCUT2D eigenvalue weighted by Crippen LogP contribution is 2.31. The molecule has 0 aromatic heterocycles. The van der Waals surface area contributed by atoms with Gasteiger partial charge in [0.15, 0.2) is 0 Å². The number of nitrogens with zero attached hydrogens (tertiary/aromatic N) is 1. The van der Waals surface area contributed by atoms with Crippen LogP contribution in [0.2, 0.25) is 0 Å². The predicted octanol–water partition coefficient (Wildman–Crippen LogP) is 3.75. The van der Waals surface area contributed by atoms with Crippen LogP contribution in [0, 0.1) is 0 Å². The van der Waals surface area contributed by atoms with Gasteiger partial charge in [-0.05, 0) is 25.1 Å². The van der Waals surface area contributed by atoms with Gasteiger partial charge in [-0.1, -0.05) is 36.4 Å². The van der Waals surface area contributed by atoms with Gasteiger partial charge >= 0.3 is 6.03 Å². The standard InChI is InChI=1S/C18H20N2O2/c1-2-20(14-8-4-3-5-9-14)18(21)19-16-12-13-22-17-11-7-6-10-15(16)17/h3-11,16H,2,12-13H2,1H3,(H,19,21). The van der Waals surface area contributed by atoms with Gasteiger partial charge in [-0.3, -0.25) is 4.90 Å². The van der Waals surface area contributed by atoms with Crippen LogP contribution in [-0.4, -0.2) is 19.2 Å². The van der Waals surface area contributed by atoms with Gasteiger partial charge in [0.1, 0.15) is 5.75 Å². The van der Waals surface area contributed by atoms with E-state index < -0.39 is 0 Å². The summed E-state index contributed by atoms with van der Waals surface area (Å²) in [6, 6.07) is 17.5. The Bertz CT molecular complexity index is 643. The maximum Gasteiger partial charge on any atom is 0.322 e. The number of ether oxygens (including phenoxy) is 1. The highest BCUT2D eigenvalue weighted by molar-refractivity contribution is 5.92. The lowest BCUT2D eigenvalue weighted by Gasteiger charge is -2.29. The van der Waals surface area contributed by atoms with E-state index in [4.69, 9.17) is 4.74 Å². The van der Waals surface area contributed by atoms with E-state index in [2.05, 4.69) is 5.32 Å². The molecular formula is C18H20N2O2. The third-order valence-corrected chi connectivity index (χ3v) is 3.89. The van der Waals surface area contributed by atoms with Crippen molar-refractivity contribution in [2.24, 2.45) is 0 Å². The second-order valence-electron chi connectivity index (χ2n) is 5.26. The predicted molar refractivity (Wildman–Crippen MR) is 87.3 cm³/mol. The van der Waals surface area contributed by atoms with Crippen molar-refractivity contribution in [3.63, 3.8) is 0 Å². The van der Waals surface area contributed by atoms with Crippen LogP contribution >= 0.6 is 0 Å². The molecule has 2 aromatic rings. The van der Waals surface area contributed by atoms with E-state index in [0.717, 1.165) is 23.4 Å². The van der Waals surface area contributed by atoms with Crippen molar-refractivity contribution in [2.45, 2.75) is 19.4 Å². The number of carbonyl (C=O) groups excluding carboxylic acids is 1. The number of urea groups is 1. The topological polar surface area (TPSA) is 41.6 Å². The molecule has 0 spiro atoms. The van der Waals surface area contributed by atoms with Crippen molar-refractivity contribution in [1.29, 1.82) is 0 Å². The first-order valence-electron chi connectivity index (χ1n) is 7.64. The van der Waals surface area contributed by atoms with Crippen LogP contribution in [0.5, 0.6) is 5.75 Å². The Kier molecular flexibility index (Phi) is 4.28. The van der Waals surface area contributed by atoms with E-state index >= 15 is 0 Å². The Morgan fingerprint density at radius 2 is 1.91 bits per heavy atom. The molecule has 0 radical (unpaired) electrons. The van der Waals surface area contributed by atoms with Gasteiger partial charge in [-0.25, -0.2) is 4.79 Å². The molecule has 1 aliphatic heterocycles. The molecule has 0 saturated carbocycles. The molecule has 3 rings (SSSR count). The Balaban J connectivity index is 1.77.